The molecule has 0 fully saturated rings. The van der Waals surface area contributed by atoms with E-state index in [1.165, 1.54) is 16.7 Å². The van der Waals surface area contributed by atoms with Gasteiger partial charge in [-0.05, 0) is 132 Å². The zero-order valence-corrected chi connectivity index (χ0v) is 36.2. The Kier molecular flexibility index (Phi) is 11.0. The molecule has 0 saturated carbocycles. The van der Waals surface area contributed by atoms with Crippen molar-refractivity contribution >= 4 is 0 Å². The number of nitrogens with zero attached hydrogens (tertiary/aromatic N) is 3. The third-order valence-electron chi connectivity index (χ3n) is 12.3. The van der Waals surface area contributed by atoms with Gasteiger partial charge in [0.25, 0.3) is 0 Å². The van der Waals surface area contributed by atoms with E-state index in [0.717, 1.165) is 95.0 Å². The van der Waals surface area contributed by atoms with E-state index in [1.807, 2.05) is 48.9 Å². The van der Waals surface area contributed by atoms with Crippen LogP contribution in [0.1, 0.15) is 0 Å². The molecule has 8 aromatic carbocycles. The summed E-state index contributed by atoms with van der Waals surface area (Å²) < 4.78 is 0. The molecule has 0 radical (unpaired) electrons. The minimum Gasteiger partial charge on any atom is -0.256 e. The Labute approximate surface area is 386 Å². The van der Waals surface area contributed by atoms with Crippen molar-refractivity contribution in [2.24, 2.45) is 0 Å². The fraction of sp³-hybridized carbons (Fsp3) is 0. The molecular formula is C63H43N3. The maximum Gasteiger partial charge on any atom is 0.0708 e. The van der Waals surface area contributed by atoms with Gasteiger partial charge in [-0.2, -0.15) is 0 Å². The molecule has 310 valence electrons. The molecule has 0 N–H and O–H groups in total. The van der Waals surface area contributed by atoms with Crippen LogP contribution in [0.3, 0.4) is 0 Å². The summed E-state index contributed by atoms with van der Waals surface area (Å²) >= 11 is 0. The van der Waals surface area contributed by atoms with Crippen LogP contribution in [0, 0.1) is 0 Å². The molecule has 0 atom stereocenters. The zero-order valence-electron chi connectivity index (χ0n) is 36.2. The molecule has 0 bridgehead atoms. The standard InChI is InChI=1S/C63H43N3/c1-2-14-44(15-3-1)51-36-39-66-63(43-51)50-34-28-47(29-35-50)57-18-6-9-21-60(57)54-41-52(58-19-7-4-16-55(58)45-24-30-48(31-25-45)61-22-10-12-37-64-61)40-53(42-54)59-20-8-5-17-56(59)46-26-32-49(33-27-46)62-23-11-13-38-65-62/h1-43H. The summed E-state index contributed by atoms with van der Waals surface area (Å²) in [5.74, 6) is 0. The third kappa shape index (κ3) is 8.25. The number of pyridine rings is 3. The van der Waals surface area contributed by atoms with E-state index < -0.39 is 0 Å². The molecule has 3 heterocycles. The Balaban J connectivity index is 1.03. The van der Waals surface area contributed by atoms with Gasteiger partial charge < -0.3 is 0 Å². The Bertz CT molecular complexity index is 3270. The predicted molar refractivity (Wildman–Crippen MR) is 274 cm³/mol. The number of rotatable bonds is 10. The Morgan fingerprint density at radius 2 is 0.485 bits per heavy atom. The lowest BCUT2D eigenvalue weighted by molar-refractivity contribution is 1.33. The second-order valence-corrected chi connectivity index (χ2v) is 16.4. The van der Waals surface area contributed by atoms with Gasteiger partial charge in [0.05, 0.1) is 17.1 Å². The molecule has 0 aliphatic rings. The lowest BCUT2D eigenvalue weighted by Crippen LogP contribution is -1.92. The van der Waals surface area contributed by atoms with Crippen LogP contribution in [0.5, 0.6) is 0 Å². The van der Waals surface area contributed by atoms with Crippen molar-refractivity contribution in [3.8, 4) is 112 Å². The van der Waals surface area contributed by atoms with Crippen molar-refractivity contribution in [1.82, 2.24) is 15.0 Å². The highest BCUT2D eigenvalue weighted by Crippen LogP contribution is 2.43. The van der Waals surface area contributed by atoms with Crippen molar-refractivity contribution in [3.63, 3.8) is 0 Å². The summed E-state index contributed by atoms with van der Waals surface area (Å²) in [5, 5.41) is 0. The maximum absolute atomic E-state index is 4.77. The number of benzene rings is 8. The van der Waals surface area contributed by atoms with Crippen LogP contribution in [0.4, 0.5) is 0 Å². The van der Waals surface area contributed by atoms with Crippen LogP contribution in [-0.2, 0) is 0 Å². The first-order chi connectivity index (χ1) is 32.7. The van der Waals surface area contributed by atoms with Crippen LogP contribution >= 0.6 is 0 Å². The van der Waals surface area contributed by atoms with Crippen LogP contribution in [-0.4, -0.2) is 15.0 Å². The molecule has 0 amide bonds. The second-order valence-electron chi connectivity index (χ2n) is 16.4. The van der Waals surface area contributed by atoms with Gasteiger partial charge in [-0.15, -0.1) is 0 Å². The average Bonchev–Trinajstić information content (AvgIpc) is 3.42. The molecule has 3 aromatic heterocycles. The molecule has 0 unspecified atom stereocenters. The van der Waals surface area contributed by atoms with E-state index in [2.05, 4.69) is 222 Å². The summed E-state index contributed by atoms with van der Waals surface area (Å²) in [5.41, 5.74) is 22.3. The minimum atomic E-state index is 0.948. The van der Waals surface area contributed by atoms with Gasteiger partial charge in [-0.25, -0.2) is 0 Å². The Hall–Kier alpha value is -8.79. The molecule has 3 nitrogen and oxygen atoms in total. The SMILES string of the molecule is c1ccc(-c2ccnc(-c3ccc(-c4ccccc4-c4cc(-c5ccccc5-c5ccc(-c6ccccn6)cc5)cc(-c5ccccc5-c5ccc(-c6ccccn6)cc5)c4)cc3)c2)cc1. The van der Waals surface area contributed by atoms with Crippen molar-refractivity contribution in [3.05, 3.63) is 261 Å². The van der Waals surface area contributed by atoms with E-state index >= 15 is 0 Å². The number of aromatic nitrogens is 3. The van der Waals surface area contributed by atoms with E-state index in [0.29, 0.717) is 0 Å². The van der Waals surface area contributed by atoms with Crippen molar-refractivity contribution in [2.75, 3.05) is 0 Å². The molecule has 66 heavy (non-hydrogen) atoms. The van der Waals surface area contributed by atoms with Crippen LogP contribution in [0.2, 0.25) is 0 Å². The van der Waals surface area contributed by atoms with Crippen LogP contribution in [0.25, 0.3) is 112 Å². The first-order valence-electron chi connectivity index (χ1n) is 22.3. The average molecular weight is 842 g/mol. The van der Waals surface area contributed by atoms with Gasteiger partial charge in [0.1, 0.15) is 0 Å². The molecule has 0 saturated heterocycles. The van der Waals surface area contributed by atoms with E-state index in [-0.39, 0.29) is 0 Å². The third-order valence-corrected chi connectivity index (χ3v) is 12.3. The summed E-state index contributed by atoms with van der Waals surface area (Å²) in [4.78, 5) is 14.0. The van der Waals surface area contributed by atoms with Crippen LogP contribution < -0.4 is 0 Å². The zero-order chi connectivity index (χ0) is 44.1. The van der Waals surface area contributed by atoms with Gasteiger partial charge in [-0.1, -0.05) is 188 Å². The summed E-state index contributed by atoms with van der Waals surface area (Å²) in [6.45, 7) is 0. The quantitative estimate of drug-likeness (QED) is 0.138. The lowest BCUT2D eigenvalue weighted by Gasteiger charge is -2.18. The molecule has 3 heteroatoms. The molecule has 0 spiro atoms. The molecular weight excluding hydrogens is 799 g/mol. The molecule has 11 aromatic rings. The first kappa shape index (κ1) is 40.0. The van der Waals surface area contributed by atoms with Gasteiger partial charge >= 0.3 is 0 Å². The van der Waals surface area contributed by atoms with Gasteiger partial charge in [0.2, 0.25) is 0 Å². The van der Waals surface area contributed by atoms with Gasteiger partial charge in [-0.3, -0.25) is 15.0 Å². The Morgan fingerprint density at radius 1 is 0.167 bits per heavy atom. The smallest absolute Gasteiger partial charge is 0.0708 e. The highest BCUT2D eigenvalue weighted by atomic mass is 14.7. The predicted octanol–water partition coefficient (Wildman–Crippen LogP) is 16.5. The maximum atomic E-state index is 4.77. The van der Waals surface area contributed by atoms with E-state index in [4.69, 9.17) is 4.98 Å². The summed E-state index contributed by atoms with van der Waals surface area (Å²) in [7, 11) is 0. The fourth-order valence-corrected chi connectivity index (χ4v) is 8.98. The van der Waals surface area contributed by atoms with Crippen LogP contribution in [0.15, 0.2) is 261 Å². The molecule has 0 aliphatic carbocycles. The van der Waals surface area contributed by atoms with Crippen molar-refractivity contribution in [2.45, 2.75) is 0 Å². The van der Waals surface area contributed by atoms with Crippen molar-refractivity contribution in [1.29, 1.82) is 0 Å². The molecule has 0 aliphatic heterocycles. The van der Waals surface area contributed by atoms with Gasteiger partial charge in [0, 0.05) is 35.3 Å². The van der Waals surface area contributed by atoms with Gasteiger partial charge in [0.15, 0.2) is 0 Å². The van der Waals surface area contributed by atoms with E-state index in [9.17, 15) is 0 Å². The lowest BCUT2D eigenvalue weighted by atomic mass is 9.86. The largest absolute Gasteiger partial charge is 0.256 e. The monoisotopic (exact) mass is 841 g/mol. The van der Waals surface area contributed by atoms with E-state index in [1.54, 1.807) is 0 Å². The summed E-state index contributed by atoms with van der Waals surface area (Å²) in [6.07, 6.45) is 5.58. The number of hydrogen-bond acceptors (Lipinski definition) is 3. The highest BCUT2D eigenvalue weighted by molar-refractivity contribution is 5.94. The Morgan fingerprint density at radius 3 is 0.864 bits per heavy atom. The van der Waals surface area contributed by atoms with Crippen molar-refractivity contribution < 1.29 is 0 Å². The topological polar surface area (TPSA) is 38.7 Å². The second kappa shape index (κ2) is 18.1. The minimum absolute atomic E-state index is 0.948. The summed E-state index contributed by atoms with van der Waals surface area (Å²) in [6, 6.07) is 86.5. The highest BCUT2D eigenvalue weighted by Gasteiger charge is 2.17. The first-order valence-corrected chi connectivity index (χ1v) is 22.3. The fourth-order valence-electron chi connectivity index (χ4n) is 8.98. The number of hydrogen-bond donors (Lipinski definition) is 0. The normalized spacial score (nSPS) is 11.0. The molecule has 11 rings (SSSR count).